The minimum Gasteiger partial charge on any atom is -0.495 e. The summed E-state index contributed by atoms with van der Waals surface area (Å²) in [4.78, 5) is 2.35. The SMILES string of the molecule is Br.COc1cc(Br)ccc1N1CCNCC1. The maximum atomic E-state index is 5.39. The zero-order valence-corrected chi connectivity index (χ0v) is 12.5. The average Bonchev–Trinajstić information content (AvgIpc) is 2.30. The zero-order chi connectivity index (χ0) is 10.7. The molecule has 0 spiro atoms. The second kappa shape index (κ2) is 6.47. The summed E-state index contributed by atoms with van der Waals surface area (Å²) in [6.07, 6.45) is 0. The first-order chi connectivity index (χ1) is 7.31. The second-order valence-electron chi connectivity index (χ2n) is 3.55. The summed E-state index contributed by atoms with van der Waals surface area (Å²) >= 11 is 3.45. The number of halogens is 2. The quantitative estimate of drug-likeness (QED) is 0.885. The lowest BCUT2D eigenvalue weighted by Gasteiger charge is -2.30. The van der Waals surface area contributed by atoms with Gasteiger partial charge in [0.25, 0.3) is 0 Å². The Kier molecular flexibility index (Phi) is 5.58. The maximum Gasteiger partial charge on any atom is 0.143 e. The molecule has 0 unspecified atom stereocenters. The van der Waals surface area contributed by atoms with Crippen molar-refractivity contribution in [1.29, 1.82) is 0 Å². The third-order valence-electron chi connectivity index (χ3n) is 2.60. The van der Waals surface area contributed by atoms with Gasteiger partial charge in [0.2, 0.25) is 0 Å². The van der Waals surface area contributed by atoms with Crippen molar-refractivity contribution in [2.24, 2.45) is 0 Å². The van der Waals surface area contributed by atoms with Crippen molar-refractivity contribution in [1.82, 2.24) is 5.32 Å². The number of nitrogens with zero attached hydrogens (tertiary/aromatic N) is 1. The van der Waals surface area contributed by atoms with Crippen LogP contribution in [0.4, 0.5) is 5.69 Å². The van der Waals surface area contributed by atoms with E-state index in [1.165, 1.54) is 5.69 Å². The highest BCUT2D eigenvalue weighted by atomic mass is 79.9. The highest BCUT2D eigenvalue weighted by Gasteiger charge is 2.14. The van der Waals surface area contributed by atoms with Gasteiger partial charge in [-0.3, -0.25) is 0 Å². The van der Waals surface area contributed by atoms with Gasteiger partial charge in [0.05, 0.1) is 12.8 Å². The van der Waals surface area contributed by atoms with Gasteiger partial charge in [0.1, 0.15) is 5.75 Å². The lowest BCUT2D eigenvalue weighted by atomic mass is 10.2. The van der Waals surface area contributed by atoms with Crippen molar-refractivity contribution in [2.75, 3.05) is 38.2 Å². The van der Waals surface area contributed by atoms with Crippen molar-refractivity contribution in [3.63, 3.8) is 0 Å². The van der Waals surface area contributed by atoms with Crippen LogP contribution in [-0.4, -0.2) is 33.3 Å². The van der Waals surface area contributed by atoms with Gasteiger partial charge >= 0.3 is 0 Å². The van der Waals surface area contributed by atoms with Crippen molar-refractivity contribution < 1.29 is 4.74 Å². The van der Waals surface area contributed by atoms with Gasteiger partial charge in [-0.25, -0.2) is 0 Å². The largest absolute Gasteiger partial charge is 0.495 e. The highest BCUT2D eigenvalue weighted by Crippen LogP contribution is 2.31. The molecule has 0 bridgehead atoms. The van der Waals surface area contributed by atoms with Crippen LogP contribution in [0.3, 0.4) is 0 Å². The number of nitrogens with one attached hydrogen (secondary N) is 1. The molecule has 0 amide bonds. The molecule has 1 aliphatic heterocycles. The molecule has 1 fully saturated rings. The topological polar surface area (TPSA) is 24.5 Å². The summed E-state index contributed by atoms with van der Waals surface area (Å²) in [5.74, 6) is 0.936. The average molecular weight is 352 g/mol. The van der Waals surface area contributed by atoms with Crippen LogP contribution < -0.4 is 15.0 Å². The molecule has 1 saturated heterocycles. The molecule has 0 aliphatic carbocycles. The van der Waals surface area contributed by atoms with Gasteiger partial charge in [-0.1, -0.05) is 15.9 Å². The molecule has 0 atom stereocenters. The fourth-order valence-electron chi connectivity index (χ4n) is 1.82. The number of anilines is 1. The molecule has 3 nitrogen and oxygen atoms in total. The molecule has 1 aromatic rings. The van der Waals surface area contributed by atoms with Crippen LogP contribution in [-0.2, 0) is 0 Å². The first kappa shape index (κ1) is 13.8. The van der Waals surface area contributed by atoms with Gasteiger partial charge < -0.3 is 15.0 Å². The fourth-order valence-corrected chi connectivity index (χ4v) is 2.16. The fraction of sp³-hybridized carbons (Fsp3) is 0.455. The minimum atomic E-state index is 0. The van der Waals surface area contributed by atoms with Gasteiger partial charge in [0, 0.05) is 30.7 Å². The predicted molar refractivity (Wildman–Crippen MR) is 76.1 cm³/mol. The number of ether oxygens (including phenoxy) is 1. The van der Waals surface area contributed by atoms with Crippen LogP contribution in [0.15, 0.2) is 22.7 Å². The Balaban J connectivity index is 0.00000128. The first-order valence-electron chi connectivity index (χ1n) is 5.10. The molecular formula is C11H16Br2N2O. The van der Waals surface area contributed by atoms with E-state index in [9.17, 15) is 0 Å². The van der Waals surface area contributed by atoms with E-state index in [-0.39, 0.29) is 17.0 Å². The van der Waals surface area contributed by atoms with E-state index in [0.29, 0.717) is 0 Å². The third kappa shape index (κ3) is 3.12. The molecule has 1 aliphatic rings. The molecule has 1 N–H and O–H groups in total. The van der Waals surface area contributed by atoms with Crippen LogP contribution in [0.25, 0.3) is 0 Å². The Bertz CT molecular complexity index is 341. The maximum absolute atomic E-state index is 5.39. The molecule has 16 heavy (non-hydrogen) atoms. The predicted octanol–water partition coefficient (Wildman–Crippen LogP) is 2.45. The van der Waals surface area contributed by atoms with Gasteiger partial charge in [-0.2, -0.15) is 0 Å². The number of hydrogen-bond acceptors (Lipinski definition) is 3. The van der Waals surface area contributed by atoms with Gasteiger partial charge in [0.15, 0.2) is 0 Å². The molecule has 90 valence electrons. The molecule has 2 rings (SSSR count). The number of piperazine rings is 1. The van der Waals surface area contributed by atoms with Crippen LogP contribution in [0, 0.1) is 0 Å². The van der Waals surface area contributed by atoms with Gasteiger partial charge in [-0.15, -0.1) is 17.0 Å². The third-order valence-corrected chi connectivity index (χ3v) is 3.09. The summed E-state index contributed by atoms with van der Waals surface area (Å²) in [5.41, 5.74) is 1.18. The van der Waals surface area contributed by atoms with Crippen LogP contribution in [0.1, 0.15) is 0 Å². The van der Waals surface area contributed by atoms with Crippen LogP contribution >= 0.6 is 32.9 Å². The summed E-state index contributed by atoms with van der Waals surface area (Å²) < 4.78 is 6.44. The number of hydrogen-bond donors (Lipinski definition) is 1. The monoisotopic (exact) mass is 350 g/mol. The smallest absolute Gasteiger partial charge is 0.143 e. The molecule has 5 heteroatoms. The number of benzene rings is 1. The summed E-state index contributed by atoms with van der Waals surface area (Å²) in [6, 6.07) is 6.17. The van der Waals surface area contributed by atoms with E-state index >= 15 is 0 Å². The van der Waals surface area contributed by atoms with Crippen LogP contribution in [0.5, 0.6) is 5.75 Å². The van der Waals surface area contributed by atoms with Crippen LogP contribution in [0.2, 0.25) is 0 Å². The molecule has 0 radical (unpaired) electrons. The second-order valence-corrected chi connectivity index (χ2v) is 4.47. The van der Waals surface area contributed by atoms with Crippen molar-refractivity contribution in [2.45, 2.75) is 0 Å². The Morgan fingerprint density at radius 1 is 1.31 bits per heavy atom. The van der Waals surface area contributed by atoms with Crippen molar-refractivity contribution in [3.8, 4) is 5.75 Å². The molecule has 1 aromatic carbocycles. The number of rotatable bonds is 2. The van der Waals surface area contributed by atoms with E-state index in [4.69, 9.17) is 4.74 Å². The summed E-state index contributed by atoms with van der Waals surface area (Å²) in [6.45, 7) is 4.16. The first-order valence-corrected chi connectivity index (χ1v) is 5.90. The molecular weight excluding hydrogens is 336 g/mol. The Morgan fingerprint density at radius 3 is 2.62 bits per heavy atom. The van der Waals surface area contributed by atoms with E-state index in [1.807, 2.05) is 6.07 Å². The Morgan fingerprint density at radius 2 is 2.00 bits per heavy atom. The zero-order valence-electron chi connectivity index (χ0n) is 9.20. The minimum absolute atomic E-state index is 0. The normalized spacial score (nSPS) is 15.5. The van der Waals surface area contributed by atoms with E-state index in [1.54, 1.807) is 7.11 Å². The van der Waals surface area contributed by atoms with E-state index < -0.39 is 0 Å². The van der Waals surface area contributed by atoms with Gasteiger partial charge in [-0.05, 0) is 18.2 Å². The lowest BCUT2D eigenvalue weighted by molar-refractivity contribution is 0.412. The van der Waals surface area contributed by atoms with E-state index in [2.05, 4.69) is 38.3 Å². The molecule has 1 heterocycles. The van der Waals surface area contributed by atoms with Crippen molar-refractivity contribution >= 4 is 38.6 Å². The van der Waals surface area contributed by atoms with Crippen molar-refractivity contribution in [3.05, 3.63) is 22.7 Å². The summed E-state index contributed by atoms with van der Waals surface area (Å²) in [7, 11) is 1.72. The number of methoxy groups -OCH3 is 1. The summed E-state index contributed by atoms with van der Waals surface area (Å²) in [5, 5.41) is 3.34. The van der Waals surface area contributed by atoms with E-state index in [0.717, 1.165) is 36.4 Å². The Hall–Kier alpha value is -0.260. The molecule has 0 saturated carbocycles. The Labute approximate surface area is 115 Å². The highest BCUT2D eigenvalue weighted by molar-refractivity contribution is 9.10. The standard InChI is InChI=1S/C11H15BrN2O.BrH/c1-15-11-8-9(12)2-3-10(11)14-6-4-13-5-7-14;/h2-3,8,13H,4-7H2,1H3;1H. The molecule has 0 aromatic heterocycles. The lowest BCUT2D eigenvalue weighted by Crippen LogP contribution is -2.43.